The fourth-order valence-electron chi connectivity index (χ4n) is 2.51. The van der Waals surface area contributed by atoms with E-state index in [-0.39, 0.29) is 18.4 Å². The maximum atomic E-state index is 13.1. The van der Waals surface area contributed by atoms with E-state index in [0.29, 0.717) is 10.6 Å². The highest BCUT2D eigenvalue weighted by Gasteiger charge is 2.35. The van der Waals surface area contributed by atoms with Gasteiger partial charge >= 0.3 is 5.97 Å². The van der Waals surface area contributed by atoms with E-state index in [1.165, 1.54) is 13.2 Å². The Balaban J connectivity index is 3.36. The first-order valence-electron chi connectivity index (χ1n) is 8.59. The van der Waals surface area contributed by atoms with Gasteiger partial charge in [0.05, 0.1) is 25.7 Å². The lowest BCUT2D eigenvalue weighted by atomic mass is 10.0. The molecule has 0 N–H and O–H groups in total. The van der Waals surface area contributed by atoms with E-state index in [1.807, 2.05) is 13.8 Å². The smallest absolute Gasteiger partial charge is 0.308 e. The minimum atomic E-state index is -0.860. The highest BCUT2D eigenvalue weighted by atomic mass is 35.5. The summed E-state index contributed by atoms with van der Waals surface area (Å²) in [7, 11) is 1.25. The molecule has 0 aliphatic carbocycles. The van der Waals surface area contributed by atoms with Gasteiger partial charge in [-0.2, -0.15) is 0 Å². The fraction of sp³-hybridized carbons (Fsp3) is 0.526. The SMILES string of the molecule is COC(=O)CC(c1ccc(Cl)cc1)N(N=C=O)C(=O)C(OC(C)C)C(C)C. The van der Waals surface area contributed by atoms with Crippen molar-refractivity contribution in [2.24, 2.45) is 11.0 Å². The molecular weight excluding hydrogens is 372 g/mol. The lowest BCUT2D eigenvalue weighted by Gasteiger charge is -2.31. The highest BCUT2D eigenvalue weighted by Crippen LogP contribution is 2.29. The van der Waals surface area contributed by atoms with Crippen LogP contribution in [0.1, 0.15) is 45.7 Å². The second-order valence-corrected chi connectivity index (χ2v) is 7.01. The second-order valence-electron chi connectivity index (χ2n) is 6.57. The number of benzene rings is 1. The molecule has 7 nitrogen and oxygen atoms in total. The standard InChI is InChI=1S/C19H25ClN2O5/c1-12(2)18(27-13(3)4)19(25)22(21-11-23)16(10-17(24)26-5)14-6-8-15(20)9-7-14/h6-9,12-13,16,18H,10H2,1-5H3. The van der Waals surface area contributed by atoms with Crippen LogP contribution in [0.15, 0.2) is 29.4 Å². The van der Waals surface area contributed by atoms with E-state index < -0.39 is 24.0 Å². The molecule has 2 unspecified atom stereocenters. The molecule has 0 saturated heterocycles. The normalized spacial score (nSPS) is 13.0. The molecule has 0 aromatic heterocycles. The number of hydrogen-bond acceptors (Lipinski definition) is 6. The Hall–Kier alpha value is -2.21. The van der Waals surface area contributed by atoms with Gasteiger partial charge in [0, 0.05) is 5.02 Å². The molecule has 0 aliphatic heterocycles. The van der Waals surface area contributed by atoms with Crippen LogP contribution in [-0.2, 0) is 23.9 Å². The molecule has 0 aliphatic rings. The molecular formula is C19H25ClN2O5. The van der Waals surface area contributed by atoms with Crippen LogP contribution in [0.2, 0.25) is 5.02 Å². The predicted octanol–water partition coefficient (Wildman–Crippen LogP) is 3.47. The Morgan fingerprint density at radius 1 is 1.19 bits per heavy atom. The van der Waals surface area contributed by atoms with Crippen LogP contribution in [0.25, 0.3) is 0 Å². The molecule has 8 heteroatoms. The number of carbonyl (C=O) groups is 2. The number of rotatable bonds is 9. The maximum absolute atomic E-state index is 13.1. The van der Waals surface area contributed by atoms with Crippen molar-refractivity contribution in [3.63, 3.8) is 0 Å². The Morgan fingerprint density at radius 3 is 2.22 bits per heavy atom. The average molecular weight is 397 g/mol. The third-order valence-corrected chi connectivity index (χ3v) is 4.03. The van der Waals surface area contributed by atoms with Gasteiger partial charge in [0.15, 0.2) is 0 Å². The van der Waals surface area contributed by atoms with Gasteiger partial charge in [-0.25, -0.2) is 9.80 Å². The number of esters is 1. The first-order chi connectivity index (χ1) is 12.7. The Bertz CT molecular complexity index is 684. The third kappa shape index (κ3) is 6.79. The molecule has 1 rings (SSSR count). The fourth-order valence-corrected chi connectivity index (χ4v) is 2.64. The number of isocyanates is 1. The molecule has 1 aromatic carbocycles. The second kappa shape index (κ2) is 10.8. The van der Waals surface area contributed by atoms with Crippen LogP contribution in [0.3, 0.4) is 0 Å². The number of amides is 1. The van der Waals surface area contributed by atoms with Crippen molar-refractivity contribution >= 4 is 29.6 Å². The molecule has 0 radical (unpaired) electrons. The van der Waals surface area contributed by atoms with Crippen molar-refractivity contribution in [2.75, 3.05) is 7.11 Å². The van der Waals surface area contributed by atoms with Crippen molar-refractivity contribution in [3.8, 4) is 0 Å². The average Bonchev–Trinajstić information content (AvgIpc) is 2.62. The van der Waals surface area contributed by atoms with Gasteiger partial charge in [-0.1, -0.05) is 42.7 Å². The summed E-state index contributed by atoms with van der Waals surface area (Å²) in [6, 6.07) is 5.70. The first kappa shape index (κ1) is 22.8. The topological polar surface area (TPSA) is 85.3 Å². The molecule has 0 fully saturated rings. The number of hydrogen-bond donors (Lipinski definition) is 0. The van der Waals surface area contributed by atoms with E-state index in [4.69, 9.17) is 21.1 Å². The van der Waals surface area contributed by atoms with Crippen LogP contribution in [-0.4, -0.2) is 42.3 Å². The molecule has 0 saturated carbocycles. The summed E-state index contributed by atoms with van der Waals surface area (Å²) in [5.74, 6) is -1.26. The summed E-state index contributed by atoms with van der Waals surface area (Å²) in [6.45, 7) is 7.26. The number of methoxy groups -OCH3 is 1. The van der Waals surface area contributed by atoms with Crippen molar-refractivity contribution in [3.05, 3.63) is 34.9 Å². The van der Waals surface area contributed by atoms with Gasteiger partial charge in [-0.3, -0.25) is 9.59 Å². The van der Waals surface area contributed by atoms with Crippen molar-refractivity contribution in [1.82, 2.24) is 5.01 Å². The zero-order valence-corrected chi connectivity index (χ0v) is 16.9. The number of hydrazone groups is 1. The molecule has 148 valence electrons. The zero-order valence-electron chi connectivity index (χ0n) is 16.1. The number of nitrogens with zero attached hydrogens (tertiary/aromatic N) is 2. The largest absolute Gasteiger partial charge is 0.469 e. The van der Waals surface area contributed by atoms with Crippen molar-refractivity contribution < 1.29 is 23.9 Å². The van der Waals surface area contributed by atoms with E-state index in [9.17, 15) is 14.4 Å². The van der Waals surface area contributed by atoms with Gasteiger partial charge in [-0.15, -0.1) is 0 Å². The first-order valence-corrected chi connectivity index (χ1v) is 8.97. The van der Waals surface area contributed by atoms with Crippen LogP contribution in [0.5, 0.6) is 0 Å². The molecule has 1 amide bonds. The molecule has 0 bridgehead atoms. The van der Waals surface area contributed by atoms with Crippen LogP contribution < -0.4 is 0 Å². The summed E-state index contributed by atoms with van der Waals surface area (Å²) >= 11 is 5.92. The molecule has 27 heavy (non-hydrogen) atoms. The van der Waals surface area contributed by atoms with E-state index in [2.05, 4.69) is 5.10 Å². The van der Waals surface area contributed by atoms with Crippen LogP contribution >= 0.6 is 11.6 Å². The number of halogens is 1. The monoisotopic (exact) mass is 396 g/mol. The van der Waals surface area contributed by atoms with E-state index in [0.717, 1.165) is 5.01 Å². The Labute approximate surface area is 164 Å². The quantitative estimate of drug-likeness (QED) is 0.276. The molecule has 0 heterocycles. The highest BCUT2D eigenvalue weighted by molar-refractivity contribution is 6.30. The number of ether oxygens (including phenoxy) is 2. The van der Waals surface area contributed by atoms with Gasteiger partial charge in [0.25, 0.3) is 12.0 Å². The molecule has 0 spiro atoms. The van der Waals surface area contributed by atoms with Gasteiger partial charge in [0.1, 0.15) is 6.10 Å². The van der Waals surface area contributed by atoms with Gasteiger partial charge < -0.3 is 9.47 Å². The predicted molar refractivity (Wildman–Crippen MR) is 101 cm³/mol. The Kier molecular flexibility index (Phi) is 9.15. The van der Waals surface area contributed by atoms with E-state index in [1.54, 1.807) is 38.1 Å². The van der Waals surface area contributed by atoms with Gasteiger partial charge in [-0.05, 0) is 37.5 Å². The maximum Gasteiger partial charge on any atom is 0.308 e. The van der Waals surface area contributed by atoms with Crippen LogP contribution in [0.4, 0.5) is 0 Å². The molecule has 2 atom stereocenters. The molecule has 1 aromatic rings. The minimum absolute atomic E-state index is 0.173. The summed E-state index contributed by atoms with van der Waals surface area (Å²) < 4.78 is 10.5. The number of carbonyl (C=O) groups excluding carboxylic acids is 3. The summed E-state index contributed by atoms with van der Waals surface area (Å²) in [6.07, 6.45) is 0.154. The lowest BCUT2D eigenvalue weighted by molar-refractivity contribution is -0.154. The summed E-state index contributed by atoms with van der Waals surface area (Å²) in [4.78, 5) is 36.0. The van der Waals surface area contributed by atoms with Crippen molar-refractivity contribution in [2.45, 2.75) is 52.4 Å². The Morgan fingerprint density at radius 2 is 1.78 bits per heavy atom. The zero-order chi connectivity index (χ0) is 20.6. The third-order valence-electron chi connectivity index (χ3n) is 3.78. The lowest BCUT2D eigenvalue weighted by Crippen LogP contribution is -2.43. The summed E-state index contributed by atoms with van der Waals surface area (Å²) in [5, 5.41) is 5.02. The van der Waals surface area contributed by atoms with Crippen molar-refractivity contribution in [1.29, 1.82) is 0 Å². The van der Waals surface area contributed by atoms with Crippen LogP contribution in [0, 0.1) is 5.92 Å². The minimum Gasteiger partial charge on any atom is -0.469 e. The summed E-state index contributed by atoms with van der Waals surface area (Å²) in [5.41, 5.74) is 0.573. The van der Waals surface area contributed by atoms with E-state index >= 15 is 0 Å². The van der Waals surface area contributed by atoms with Gasteiger partial charge in [0.2, 0.25) is 0 Å².